The number of carbonyl (C=O) groups is 3. The number of aromatic amines is 1. The van der Waals surface area contributed by atoms with Crippen LogP contribution in [0.1, 0.15) is 36.4 Å². The molecule has 9 nitrogen and oxygen atoms in total. The normalized spacial score (nSPS) is 20.8. The Morgan fingerprint density at radius 3 is 2.94 bits per heavy atom. The Hall–Kier alpha value is -3.24. The van der Waals surface area contributed by atoms with Gasteiger partial charge < -0.3 is 25.3 Å². The Bertz CT molecular complexity index is 1230. The minimum absolute atomic E-state index is 0.00472. The molecule has 0 saturated carbocycles. The van der Waals surface area contributed by atoms with Crippen molar-refractivity contribution in [1.29, 1.82) is 0 Å². The van der Waals surface area contributed by atoms with Gasteiger partial charge in [-0.05, 0) is 32.2 Å². The minimum Gasteiger partial charge on any atom is -0.462 e. The van der Waals surface area contributed by atoms with E-state index in [2.05, 4.69) is 25.5 Å². The molecule has 0 bridgehead atoms. The highest BCUT2D eigenvalue weighted by Crippen LogP contribution is 2.25. The molecule has 4 heterocycles. The molecule has 0 aliphatic carbocycles. The number of hydrogen-bond donors (Lipinski definition) is 3. The number of rotatable bonds is 4. The average Bonchev–Trinajstić information content (AvgIpc) is 3.45. The van der Waals surface area contributed by atoms with Crippen LogP contribution in [0.2, 0.25) is 0 Å². The van der Waals surface area contributed by atoms with E-state index in [0.717, 1.165) is 46.5 Å². The average molecular weight is 454 g/mol. The maximum Gasteiger partial charge on any atom is 0.331 e. The second kappa shape index (κ2) is 8.03. The van der Waals surface area contributed by atoms with Crippen LogP contribution in [0.5, 0.6) is 0 Å². The molecule has 0 unspecified atom stereocenters. The predicted molar refractivity (Wildman–Crippen MR) is 119 cm³/mol. The van der Waals surface area contributed by atoms with Gasteiger partial charge >= 0.3 is 5.97 Å². The Morgan fingerprint density at radius 1 is 1.25 bits per heavy atom. The Kier molecular flexibility index (Phi) is 5.18. The van der Waals surface area contributed by atoms with E-state index < -0.39 is 24.0 Å². The number of likely N-dealkylation sites (N-methyl/N-ethyl adjacent to an activating group) is 1. The summed E-state index contributed by atoms with van der Waals surface area (Å²) in [6.45, 7) is 3.65. The molecule has 1 aromatic carbocycles. The van der Waals surface area contributed by atoms with Gasteiger partial charge in [0.1, 0.15) is 12.3 Å². The van der Waals surface area contributed by atoms with Gasteiger partial charge in [-0.3, -0.25) is 9.59 Å². The number of benzene rings is 1. The van der Waals surface area contributed by atoms with Gasteiger partial charge in [0.25, 0.3) is 11.8 Å². The van der Waals surface area contributed by atoms with E-state index in [9.17, 15) is 14.4 Å². The summed E-state index contributed by atoms with van der Waals surface area (Å²) in [4.78, 5) is 48.6. The number of nitrogens with zero attached hydrogens (tertiary/aromatic N) is 2. The first-order chi connectivity index (χ1) is 15.4. The van der Waals surface area contributed by atoms with Crippen LogP contribution in [-0.2, 0) is 22.5 Å². The molecule has 166 valence electrons. The van der Waals surface area contributed by atoms with E-state index in [4.69, 9.17) is 4.74 Å². The van der Waals surface area contributed by atoms with E-state index in [0.29, 0.717) is 10.7 Å². The number of fused-ring (bicyclic) bond motifs is 2. The van der Waals surface area contributed by atoms with Crippen molar-refractivity contribution in [2.45, 2.75) is 32.0 Å². The topological polar surface area (TPSA) is 116 Å². The first-order valence-electron chi connectivity index (χ1n) is 10.4. The molecule has 1 fully saturated rings. The molecule has 2 aliphatic heterocycles. The second-order valence-corrected chi connectivity index (χ2v) is 9.40. The lowest BCUT2D eigenvalue weighted by Crippen LogP contribution is -2.52. The molecule has 1 saturated heterocycles. The van der Waals surface area contributed by atoms with Crippen molar-refractivity contribution >= 4 is 40.0 Å². The van der Waals surface area contributed by atoms with Crippen LogP contribution in [0.3, 0.4) is 0 Å². The largest absolute Gasteiger partial charge is 0.462 e. The molecule has 0 spiro atoms. The SMILES string of the molecule is Cc1ccc2[nH]c(C(=O)N[C@@H]3C(=O)OC[C@H]3NC(=O)c3nc4c(s3)CN(C)CC4)cc2c1. The van der Waals surface area contributed by atoms with Crippen molar-refractivity contribution in [2.24, 2.45) is 0 Å². The molecule has 2 amide bonds. The molecule has 2 aliphatic rings. The fourth-order valence-electron chi connectivity index (χ4n) is 4.05. The quantitative estimate of drug-likeness (QED) is 0.514. The molecule has 3 N–H and O–H groups in total. The predicted octanol–water partition coefficient (Wildman–Crippen LogP) is 1.37. The van der Waals surface area contributed by atoms with Gasteiger partial charge in [0.2, 0.25) is 0 Å². The highest BCUT2D eigenvalue weighted by atomic mass is 32.1. The Morgan fingerprint density at radius 2 is 2.09 bits per heavy atom. The van der Waals surface area contributed by atoms with Crippen molar-refractivity contribution in [3.63, 3.8) is 0 Å². The molecule has 5 rings (SSSR count). The van der Waals surface area contributed by atoms with Gasteiger partial charge in [-0.25, -0.2) is 9.78 Å². The van der Waals surface area contributed by atoms with E-state index in [1.807, 2.05) is 32.2 Å². The zero-order chi connectivity index (χ0) is 22.4. The number of amides is 2. The number of nitrogens with one attached hydrogen (secondary N) is 3. The Balaban J connectivity index is 1.29. The number of H-pyrrole nitrogens is 1. The van der Waals surface area contributed by atoms with Crippen molar-refractivity contribution in [3.05, 3.63) is 51.1 Å². The van der Waals surface area contributed by atoms with E-state index in [-0.39, 0.29) is 12.5 Å². The van der Waals surface area contributed by atoms with E-state index in [1.165, 1.54) is 11.3 Å². The lowest BCUT2D eigenvalue weighted by molar-refractivity contribution is -0.139. The zero-order valence-corrected chi connectivity index (χ0v) is 18.5. The van der Waals surface area contributed by atoms with Crippen LogP contribution >= 0.6 is 11.3 Å². The van der Waals surface area contributed by atoms with E-state index >= 15 is 0 Å². The summed E-state index contributed by atoms with van der Waals surface area (Å²) in [6, 6.07) is 5.92. The van der Waals surface area contributed by atoms with Gasteiger partial charge in [0.05, 0.1) is 11.7 Å². The van der Waals surface area contributed by atoms with Crippen LogP contribution in [0.15, 0.2) is 24.3 Å². The van der Waals surface area contributed by atoms with Crippen LogP contribution < -0.4 is 10.6 Å². The Labute approximate surface area is 188 Å². The highest BCUT2D eigenvalue weighted by molar-refractivity contribution is 7.13. The van der Waals surface area contributed by atoms with Crippen LogP contribution in [0.4, 0.5) is 0 Å². The summed E-state index contributed by atoms with van der Waals surface area (Å²) < 4.78 is 5.12. The number of hydrogen-bond acceptors (Lipinski definition) is 7. The molecule has 0 radical (unpaired) electrons. The molecule has 10 heteroatoms. The molecule has 2 atom stereocenters. The number of carbonyl (C=O) groups excluding carboxylic acids is 3. The summed E-state index contributed by atoms with van der Waals surface area (Å²) in [5.41, 5.74) is 3.21. The van der Waals surface area contributed by atoms with Gasteiger partial charge in [-0.1, -0.05) is 11.6 Å². The van der Waals surface area contributed by atoms with Crippen molar-refractivity contribution in [2.75, 3.05) is 20.2 Å². The van der Waals surface area contributed by atoms with Gasteiger partial charge in [0.15, 0.2) is 11.0 Å². The van der Waals surface area contributed by atoms with Gasteiger partial charge in [-0.2, -0.15) is 0 Å². The monoisotopic (exact) mass is 453 g/mol. The lowest BCUT2D eigenvalue weighted by Gasteiger charge is -2.20. The number of thiazole rings is 1. The summed E-state index contributed by atoms with van der Waals surface area (Å²) in [5.74, 6) is -1.37. The van der Waals surface area contributed by atoms with E-state index in [1.54, 1.807) is 6.07 Å². The molecule has 32 heavy (non-hydrogen) atoms. The first kappa shape index (κ1) is 20.7. The van der Waals surface area contributed by atoms with Crippen LogP contribution in [-0.4, -0.2) is 64.9 Å². The third-order valence-electron chi connectivity index (χ3n) is 5.80. The van der Waals surface area contributed by atoms with Crippen LogP contribution in [0, 0.1) is 6.92 Å². The molecular formula is C22H23N5O4S. The first-order valence-corrected chi connectivity index (χ1v) is 11.2. The maximum absolute atomic E-state index is 12.8. The maximum atomic E-state index is 12.8. The smallest absolute Gasteiger partial charge is 0.331 e. The summed E-state index contributed by atoms with van der Waals surface area (Å²) in [6.07, 6.45) is 0.809. The van der Waals surface area contributed by atoms with Crippen molar-refractivity contribution in [3.8, 4) is 0 Å². The van der Waals surface area contributed by atoms with Crippen molar-refractivity contribution < 1.29 is 19.1 Å². The highest BCUT2D eigenvalue weighted by Gasteiger charge is 2.40. The summed E-state index contributed by atoms with van der Waals surface area (Å²) in [5, 5.41) is 6.78. The summed E-state index contributed by atoms with van der Waals surface area (Å²) >= 11 is 1.36. The number of cyclic esters (lactones) is 1. The second-order valence-electron chi connectivity index (χ2n) is 8.31. The number of esters is 1. The molecule has 3 aromatic rings. The molecular weight excluding hydrogens is 430 g/mol. The fraction of sp³-hybridized carbons (Fsp3) is 0.364. The van der Waals surface area contributed by atoms with Gasteiger partial charge in [-0.15, -0.1) is 11.3 Å². The lowest BCUT2D eigenvalue weighted by atomic mass is 10.1. The third kappa shape index (κ3) is 3.87. The zero-order valence-electron chi connectivity index (χ0n) is 17.7. The number of aromatic nitrogens is 2. The number of ether oxygens (including phenoxy) is 1. The van der Waals surface area contributed by atoms with Crippen LogP contribution in [0.25, 0.3) is 10.9 Å². The van der Waals surface area contributed by atoms with Gasteiger partial charge in [0, 0.05) is 35.3 Å². The summed E-state index contributed by atoms with van der Waals surface area (Å²) in [7, 11) is 2.03. The number of aryl methyl sites for hydroxylation is 1. The minimum atomic E-state index is -0.972. The van der Waals surface area contributed by atoms with Crippen molar-refractivity contribution in [1.82, 2.24) is 25.5 Å². The third-order valence-corrected chi connectivity index (χ3v) is 6.88. The molecule has 2 aromatic heterocycles. The standard InChI is InChI=1S/C22H23N5O4S/c1-11-3-4-13-12(7-11)8-15(23-13)19(28)26-18-16(10-31-22(18)30)24-20(29)21-25-14-5-6-27(2)9-17(14)32-21/h3-4,7-8,16,18,23H,5-6,9-10H2,1-2H3,(H,24,29)(H,26,28)/t16-,18+/m1/s1. The fourth-order valence-corrected chi connectivity index (χ4v) is 5.14.